The number of para-hydroxylation sites is 1. The molecule has 0 spiro atoms. The second-order valence-electron chi connectivity index (χ2n) is 8.58. The van der Waals surface area contributed by atoms with Crippen molar-refractivity contribution in [3.05, 3.63) is 64.7 Å². The second kappa shape index (κ2) is 6.40. The van der Waals surface area contributed by atoms with Crippen LogP contribution in [0, 0.1) is 0 Å². The van der Waals surface area contributed by atoms with Gasteiger partial charge in [0.2, 0.25) is 5.91 Å². The van der Waals surface area contributed by atoms with Gasteiger partial charge >= 0.3 is 0 Å². The lowest BCUT2D eigenvalue weighted by molar-refractivity contribution is -0.130. The minimum absolute atomic E-state index is 0.221. The fraction of sp³-hybridized carbons (Fsp3) is 0.458. The summed E-state index contributed by atoms with van der Waals surface area (Å²) in [5, 5.41) is 0. The van der Waals surface area contributed by atoms with Crippen LogP contribution in [0.3, 0.4) is 0 Å². The molecule has 2 aromatic rings. The lowest BCUT2D eigenvalue weighted by atomic mass is 9.86. The number of amides is 1. The largest absolute Gasteiger partial charge is 0.364 e. The van der Waals surface area contributed by atoms with Crippen LogP contribution in [0.2, 0.25) is 0 Å². The molecule has 3 heterocycles. The van der Waals surface area contributed by atoms with Gasteiger partial charge in [0.25, 0.3) is 0 Å². The molecular formula is C24H28N2O. The smallest absolute Gasteiger partial charge is 0.223 e. The van der Waals surface area contributed by atoms with E-state index in [1.807, 2.05) is 0 Å². The summed E-state index contributed by atoms with van der Waals surface area (Å²) < 4.78 is 0. The number of likely N-dealkylation sites (tertiary alicyclic amines) is 1. The molecule has 2 atom stereocenters. The van der Waals surface area contributed by atoms with Crippen LogP contribution in [0.4, 0.5) is 5.69 Å². The number of rotatable bonds is 3. The van der Waals surface area contributed by atoms with E-state index in [0.29, 0.717) is 24.3 Å². The van der Waals surface area contributed by atoms with Gasteiger partial charge in [-0.1, -0.05) is 56.3 Å². The standard InChI is InChI=1S/C24H28N2O/c1-16(2)17-8-10-18(11-9-17)21-15-22(25-13-4-7-23(25)27)20-6-3-5-19-12-14-26(21)24(19)20/h3,5-6,8-11,16,21-22H,4,7,12-15H2,1-2H3. The topological polar surface area (TPSA) is 23.6 Å². The summed E-state index contributed by atoms with van der Waals surface area (Å²) >= 11 is 0. The molecule has 27 heavy (non-hydrogen) atoms. The molecule has 5 rings (SSSR count). The number of carbonyl (C=O) groups is 1. The van der Waals surface area contributed by atoms with Crippen LogP contribution < -0.4 is 4.90 Å². The third-order valence-corrected chi connectivity index (χ3v) is 6.72. The van der Waals surface area contributed by atoms with E-state index >= 15 is 0 Å². The molecular weight excluding hydrogens is 332 g/mol. The highest BCUT2D eigenvalue weighted by molar-refractivity contribution is 5.80. The zero-order chi connectivity index (χ0) is 18.5. The average Bonchev–Trinajstić information content (AvgIpc) is 3.30. The van der Waals surface area contributed by atoms with Gasteiger partial charge in [0.1, 0.15) is 0 Å². The third kappa shape index (κ3) is 2.67. The van der Waals surface area contributed by atoms with Gasteiger partial charge in [-0.2, -0.15) is 0 Å². The number of carbonyl (C=O) groups excluding carboxylic acids is 1. The first-order valence-electron chi connectivity index (χ1n) is 10.4. The number of hydrogen-bond donors (Lipinski definition) is 0. The summed E-state index contributed by atoms with van der Waals surface area (Å²) in [6.07, 6.45) is 3.83. The first-order chi connectivity index (χ1) is 13.1. The van der Waals surface area contributed by atoms with Crippen molar-refractivity contribution in [3.63, 3.8) is 0 Å². The van der Waals surface area contributed by atoms with Crippen molar-refractivity contribution in [2.24, 2.45) is 0 Å². The molecule has 3 heteroatoms. The van der Waals surface area contributed by atoms with E-state index in [1.165, 1.54) is 27.9 Å². The molecule has 1 fully saturated rings. The van der Waals surface area contributed by atoms with Gasteiger partial charge in [0, 0.05) is 25.2 Å². The van der Waals surface area contributed by atoms with Gasteiger partial charge in [0.15, 0.2) is 0 Å². The Morgan fingerprint density at radius 2 is 1.74 bits per heavy atom. The van der Waals surface area contributed by atoms with Crippen LogP contribution in [0.5, 0.6) is 0 Å². The predicted octanol–water partition coefficient (Wildman–Crippen LogP) is 4.98. The SMILES string of the molecule is CC(C)c1ccc(C2CC(N3CCCC3=O)c3cccc4c3N2CC4)cc1. The van der Waals surface area contributed by atoms with Gasteiger partial charge in [-0.3, -0.25) is 4.79 Å². The van der Waals surface area contributed by atoms with Crippen molar-refractivity contribution in [2.45, 2.75) is 57.5 Å². The van der Waals surface area contributed by atoms with E-state index in [-0.39, 0.29) is 6.04 Å². The van der Waals surface area contributed by atoms with Crippen molar-refractivity contribution < 1.29 is 4.79 Å². The predicted molar refractivity (Wildman–Crippen MR) is 109 cm³/mol. The van der Waals surface area contributed by atoms with Gasteiger partial charge in [-0.15, -0.1) is 0 Å². The van der Waals surface area contributed by atoms with E-state index in [4.69, 9.17) is 0 Å². The second-order valence-corrected chi connectivity index (χ2v) is 8.58. The Bertz CT molecular complexity index is 870. The minimum Gasteiger partial charge on any atom is -0.364 e. The molecule has 3 aliphatic rings. The van der Waals surface area contributed by atoms with E-state index in [9.17, 15) is 4.79 Å². The molecule has 0 bridgehead atoms. The first-order valence-corrected chi connectivity index (χ1v) is 10.4. The Morgan fingerprint density at radius 3 is 2.44 bits per heavy atom. The van der Waals surface area contributed by atoms with Crippen molar-refractivity contribution in [2.75, 3.05) is 18.0 Å². The molecule has 1 saturated heterocycles. The molecule has 140 valence electrons. The van der Waals surface area contributed by atoms with E-state index in [0.717, 1.165) is 32.4 Å². The maximum Gasteiger partial charge on any atom is 0.223 e. The number of hydrogen-bond acceptors (Lipinski definition) is 2. The maximum absolute atomic E-state index is 12.5. The molecule has 0 aliphatic carbocycles. The number of nitrogens with zero attached hydrogens (tertiary/aromatic N) is 2. The zero-order valence-electron chi connectivity index (χ0n) is 16.3. The third-order valence-electron chi connectivity index (χ3n) is 6.72. The lowest BCUT2D eigenvalue weighted by Gasteiger charge is -2.43. The summed E-state index contributed by atoms with van der Waals surface area (Å²) in [4.78, 5) is 17.3. The highest BCUT2D eigenvalue weighted by Crippen LogP contribution is 2.50. The Balaban J connectivity index is 1.57. The fourth-order valence-corrected chi connectivity index (χ4v) is 5.27. The number of anilines is 1. The number of benzene rings is 2. The summed E-state index contributed by atoms with van der Waals surface area (Å²) in [6, 6.07) is 16.5. The molecule has 2 unspecified atom stereocenters. The summed E-state index contributed by atoms with van der Waals surface area (Å²) in [7, 11) is 0. The van der Waals surface area contributed by atoms with E-state index in [1.54, 1.807) is 0 Å². The van der Waals surface area contributed by atoms with Crippen LogP contribution in [0.25, 0.3) is 0 Å². The highest BCUT2D eigenvalue weighted by atomic mass is 16.2. The Kier molecular flexibility index (Phi) is 3.99. The van der Waals surface area contributed by atoms with Crippen LogP contribution in [0.1, 0.15) is 73.4 Å². The van der Waals surface area contributed by atoms with E-state index < -0.39 is 0 Å². The van der Waals surface area contributed by atoms with Crippen LogP contribution >= 0.6 is 0 Å². The maximum atomic E-state index is 12.5. The lowest BCUT2D eigenvalue weighted by Crippen LogP contribution is -2.39. The Hall–Kier alpha value is -2.29. The van der Waals surface area contributed by atoms with Crippen LogP contribution in [-0.4, -0.2) is 23.9 Å². The minimum atomic E-state index is 0.221. The quantitative estimate of drug-likeness (QED) is 0.770. The van der Waals surface area contributed by atoms with Crippen LogP contribution in [0.15, 0.2) is 42.5 Å². The first kappa shape index (κ1) is 16.9. The van der Waals surface area contributed by atoms with Crippen LogP contribution in [-0.2, 0) is 11.2 Å². The van der Waals surface area contributed by atoms with Crippen molar-refractivity contribution >= 4 is 11.6 Å². The molecule has 0 aromatic heterocycles. The molecule has 0 saturated carbocycles. The Labute approximate surface area is 162 Å². The molecule has 3 nitrogen and oxygen atoms in total. The average molecular weight is 361 g/mol. The summed E-state index contributed by atoms with van der Waals surface area (Å²) in [5.41, 5.74) is 7.01. The van der Waals surface area contributed by atoms with Crippen molar-refractivity contribution in [1.82, 2.24) is 4.90 Å². The van der Waals surface area contributed by atoms with Gasteiger partial charge < -0.3 is 9.80 Å². The summed E-state index contributed by atoms with van der Waals surface area (Å²) in [6.45, 7) is 6.48. The highest BCUT2D eigenvalue weighted by Gasteiger charge is 2.41. The molecule has 3 aliphatic heterocycles. The van der Waals surface area contributed by atoms with Crippen molar-refractivity contribution in [1.29, 1.82) is 0 Å². The van der Waals surface area contributed by atoms with Gasteiger partial charge in [-0.05, 0) is 47.4 Å². The van der Waals surface area contributed by atoms with Gasteiger partial charge in [0.05, 0.1) is 12.1 Å². The molecule has 2 aromatic carbocycles. The monoisotopic (exact) mass is 360 g/mol. The molecule has 0 N–H and O–H groups in total. The molecule has 0 radical (unpaired) electrons. The summed E-state index contributed by atoms with van der Waals surface area (Å²) in [5.74, 6) is 0.887. The van der Waals surface area contributed by atoms with Crippen molar-refractivity contribution in [3.8, 4) is 0 Å². The normalized spacial score (nSPS) is 24.0. The molecule has 1 amide bonds. The van der Waals surface area contributed by atoms with E-state index in [2.05, 4.69) is 66.1 Å². The zero-order valence-corrected chi connectivity index (χ0v) is 16.3. The Morgan fingerprint density at radius 1 is 0.926 bits per heavy atom. The van der Waals surface area contributed by atoms with Gasteiger partial charge in [-0.25, -0.2) is 0 Å². The fourth-order valence-electron chi connectivity index (χ4n) is 5.27.